The number of unbranched alkanes of at least 4 members (excludes halogenated alkanes) is 15. The van der Waals surface area contributed by atoms with E-state index in [1.165, 1.54) is 112 Å². The van der Waals surface area contributed by atoms with Crippen LogP contribution in [-0.2, 0) is 28.7 Å². The summed E-state index contributed by atoms with van der Waals surface area (Å²) >= 11 is 0. The third kappa shape index (κ3) is 13.4. The van der Waals surface area contributed by atoms with E-state index < -0.39 is 51.1 Å². The lowest BCUT2D eigenvalue weighted by Crippen LogP contribution is -2.41. The zero-order valence-electron chi connectivity index (χ0n) is 32.3. The molecule has 0 bridgehead atoms. The Bertz CT molecular complexity index is 1740. The molecule has 0 aliphatic carbocycles. The molecule has 4 rings (SSSR count). The Hall–Kier alpha value is -3.77. The highest BCUT2D eigenvalue weighted by Gasteiger charge is 2.58. The lowest BCUT2D eigenvalue weighted by atomic mass is 9.92. The number of ether oxygens (including phenoxy) is 3. The third-order valence-electron chi connectivity index (χ3n) is 9.80. The minimum absolute atomic E-state index is 0.0128. The van der Waals surface area contributed by atoms with Crippen molar-refractivity contribution in [3.8, 4) is 18.0 Å². The molecule has 1 saturated heterocycles. The van der Waals surface area contributed by atoms with Crippen molar-refractivity contribution >= 4 is 19.2 Å². The Labute approximate surface area is 328 Å². The molecule has 1 unspecified atom stereocenters. The summed E-state index contributed by atoms with van der Waals surface area (Å²) < 4.78 is 42.0. The van der Waals surface area contributed by atoms with Crippen molar-refractivity contribution in [1.29, 1.82) is 10.5 Å². The molecule has 1 aliphatic heterocycles. The fourth-order valence-electron chi connectivity index (χ4n) is 6.63. The van der Waals surface area contributed by atoms with Crippen molar-refractivity contribution in [3.05, 3.63) is 42.0 Å². The molecule has 6 atom stereocenters. The van der Waals surface area contributed by atoms with Gasteiger partial charge >= 0.3 is 7.82 Å². The Morgan fingerprint density at radius 3 is 2.14 bits per heavy atom. The maximum atomic E-state index is 13.0. The SMILES string of the molecule is CCCCCCCCCCCCCCCCCCOC[C@H](COP(=O)(O)OC[C@H]1O[C@@](C#N)(c2ccc3c(N)ncnn23)[C@H](O)[C@@H]1O)Oc1ccc(C#N)nn1. The topological polar surface area (TPSA) is 253 Å². The molecule has 17 nitrogen and oxygen atoms in total. The number of nitrogens with two attached hydrogens (primary N) is 1. The minimum atomic E-state index is -4.81. The molecule has 4 heterocycles. The lowest BCUT2D eigenvalue weighted by molar-refractivity contribution is -0.0652. The molecule has 3 aromatic heterocycles. The number of aliphatic hydroxyl groups is 2. The molecular weight excluding hydrogens is 743 g/mol. The first-order chi connectivity index (χ1) is 27.1. The van der Waals surface area contributed by atoms with E-state index in [-0.39, 0.29) is 29.7 Å². The number of aliphatic hydroxyl groups excluding tert-OH is 2. The first-order valence-electron chi connectivity index (χ1n) is 19.8. The van der Waals surface area contributed by atoms with Gasteiger partial charge in [-0.2, -0.15) is 15.6 Å². The third-order valence-corrected chi connectivity index (χ3v) is 10.8. The van der Waals surface area contributed by atoms with Crippen LogP contribution in [-0.4, -0.2) is 90.7 Å². The number of anilines is 1. The second-order valence-corrected chi connectivity index (χ2v) is 15.6. The largest absolute Gasteiger partial charge is 0.472 e. The molecule has 0 aromatic carbocycles. The van der Waals surface area contributed by atoms with Gasteiger partial charge in [0, 0.05) is 12.7 Å². The summed E-state index contributed by atoms with van der Waals surface area (Å²) in [6.45, 7) is 1.49. The summed E-state index contributed by atoms with van der Waals surface area (Å²) in [5.74, 6) is 0.163. The Morgan fingerprint density at radius 1 is 0.911 bits per heavy atom. The van der Waals surface area contributed by atoms with Crippen LogP contribution in [0.25, 0.3) is 5.52 Å². The van der Waals surface area contributed by atoms with E-state index in [0.717, 1.165) is 25.6 Å². The maximum absolute atomic E-state index is 13.0. The maximum Gasteiger partial charge on any atom is 0.472 e. The van der Waals surface area contributed by atoms with Crippen molar-refractivity contribution in [2.45, 2.75) is 140 Å². The van der Waals surface area contributed by atoms with Crippen LogP contribution in [0.2, 0.25) is 0 Å². The fraction of sp³-hybridized carbons (Fsp3) is 0.684. The van der Waals surface area contributed by atoms with Gasteiger partial charge in [0.1, 0.15) is 48.4 Å². The number of hydrogen-bond acceptors (Lipinski definition) is 15. The normalized spacial score (nSPS) is 21.1. The zero-order valence-corrected chi connectivity index (χ0v) is 33.2. The summed E-state index contributed by atoms with van der Waals surface area (Å²) in [5, 5.41) is 52.6. The van der Waals surface area contributed by atoms with Gasteiger partial charge < -0.3 is 35.1 Å². The molecule has 56 heavy (non-hydrogen) atoms. The number of nitrogens with zero attached hydrogens (tertiary/aromatic N) is 7. The van der Waals surface area contributed by atoms with Gasteiger partial charge in [-0.25, -0.2) is 14.1 Å². The molecule has 1 fully saturated rings. The smallest absolute Gasteiger partial charge is 0.468 e. The molecule has 0 spiro atoms. The average molecular weight is 801 g/mol. The Kier molecular flexibility index (Phi) is 18.8. The first-order valence-corrected chi connectivity index (χ1v) is 21.3. The summed E-state index contributed by atoms with van der Waals surface area (Å²) in [7, 11) is -4.81. The zero-order chi connectivity index (χ0) is 40.2. The fourth-order valence-corrected chi connectivity index (χ4v) is 7.39. The first kappa shape index (κ1) is 44.9. The number of nitrogen functional groups attached to an aromatic ring is 1. The van der Waals surface area contributed by atoms with Gasteiger partial charge in [-0.15, -0.1) is 10.2 Å². The van der Waals surface area contributed by atoms with Crippen molar-refractivity contribution < 1.29 is 42.9 Å². The van der Waals surface area contributed by atoms with Gasteiger partial charge in [0.25, 0.3) is 0 Å². The van der Waals surface area contributed by atoms with Gasteiger partial charge in [-0.3, -0.25) is 9.05 Å². The Morgan fingerprint density at radius 2 is 1.55 bits per heavy atom. The number of nitriles is 2. The average Bonchev–Trinajstić information content (AvgIpc) is 3.75. The van der Waals surface area contributed by atoms with Gasteiger partial charge in [0.2, 0.25) is 11.5 Å². The number of rotatable bonds is 28. The van der Waals surface area contributed by atoms with Crippen LogP contribution in [0.4, 0.5) is 5.82 Å². The second kappa shape index (κ2) is 23.5. The quantitative estimate of drug-likeness (QED) is 0.0509. The van der Waals surface area contributed by atoms with E-state index in [4.69, 9.17) is 34.3 Å². The molecule has 18 heteroatoms. The number of hydrogen-bond donors (Lipinski definition) is 4. The number of fused-ring (bicyclic) bond motifs is 1. The number of phosphoric ester groups is 1. The van der Waals surface area contributed by atoms with Crippen molar-refractivity contribution in [2.24, 2.45) is 0 Å². The van der Waals surface area contributed by atoms with Crippen molar-refractivity contribution in [2.75, 3.05) is 32.2 Å². The Balaban J connectivity index is 1.18. The molecule has 3 aromatic rings. The molecule has 0 amide bonds. The summed E-state index contributed by atoms with van der Waals surface area (Å²) in [6.07, 6.45) is 15.5. The van der Waals surface area contributed by atoms with Crippen LogP contribution in [0.3, 0.4) is 0 Å². The summed E-state index contributed by atoms with van der Waals surface area (Å²) in [6, 6.07) is 9.59. The van der Waals surface area contributed by atoms with Crippen LogP contribution in [0, 0.1) is 22.7 Å². The number of aromatic nitrogens is 5. The predicted octanol–water partition coefficient (Wildman–Crippen LogP) is 5.67. The van der Waals surface area contributed by atoms with E-state index in [1.54, 1.807) is 0 Å². The summed E-state index contributed by atoms with van der Waals surface area (Å²) in [4.78, 5) is 14.4. The van der Waals surface area contributed by atoms with Crippen LogP contribution >= 0.6 is 7.82 Å². The molecule has 1 aliphatic rings. The molecule has 308 valence electrons. The van der Waals surface area contributed by atoms with Crippen LogP contribution in [0.1, 0.15) is 121 Å². The molecular formula is C38H57N8O9P. The van der Waals surface area contributed by atoms with Crippen molar-refractivity contribution in [3.63, 3.8) is 0 Å². The van der Waals surface area contributed by atoms with Gasteiger partial charge in [-0.1, -0.05) is 103 Å². The van der Waals surface area contributed by atoms with Crippen LogP contribution < -0.4 is 10.5 Å². The van der Waals surface area contributed by atoms with E-state index in [2.05, 4.69) is 27.2 Å². The van der Waals surface area contributed by atoms with E-state index >= 15 is 0 Å². The van der Waals surface area contributed by atoms with E-state index in [1.807, 2.05) is 12.1 Å². The van der Waals surface area contributed by atoms with E-state index in [9.17, 15) is 24.9 Å². The van der Waals surface area contributed by atoms with Crippen LogP contribution in [0.5, 0.6) is 5.88 Å². The monoisotopic (exact) mass is 800 g/mol. The van der Waals surface area contributed by atoms with Gasteiger partial charge in [-0.05, 0) is 24.6 Å². The number of phosphoric acid groups is 1. The minimum Gasteiger partial charge on any atom is -0.468 e. The molecule has 0 radical (unpaired) electrons. The highest BCUT2D eigenvalue weighted by Crippen LogP contribution is 2.46. The van der Waals surface area contributed by atoms with E-state index in [0.29, 0.717) is 12.1 Å². The van der Waals surface area contributed by atoms with Gasteiger partial charge in [0.15, 0.2) is 11.5 Å². The molecule has 0 saturated carbocycles. The highest BCUT2D eigenvalue weighted by atomic mass is 31.2. The lowest BCUT2D eigenvalue weighted by Gasteiger charge is -2.24. The van der Waals surface area contributed by atoms with Gasteiger partial charge in [0.05, 0.1) is 25.5 Å². The second-order valence-electron chi connectivity index (χ2n) is 14.1. The summed E-state index contributed by atoms with van der Waals surface area (Å²) in [5.41, 5.74) is 4.27. The highest BCUT2D eigenvalue weighted by molar-refractivity contribution is 7.47. The van der Waals surface area contributed by atoms with Crippen LogP contribution in [0.15, 0.2) is 30.6 Å². The standard InChI is InChI=1S/C38H57N8O9P/c1-2-3-4-5-6-7-8-9-10-11-12-13-14-15-16-17-22-51-24-30(54-34-21-18-29(23-39)44-45-34)25-52-56(49,50)53-26-32-35(47)36(48)38(27-40,55-32)33-20-19-31-37(41)42-28-43-46(31)33/h18-21,28,30,32,35-36,47-48H,2-17,22,24-26H2,1H3,(H,49,50)(H2,41,42,43)/t30-,32-,35-,36-,38+/m1/s1. The van der Waals surface area contributed by atoms with Crippen molar-refractivity contribution in [1.82, 2.24) is 24.8 Å². The molecule has 5 N–H and O–H groups in total. The predicted molar refractivity (Wildman–Crippen MR) is 205 cm³/mol.